The maximum absolute atomic E-state index is 6.10. The fraction of sp³-hybridized carbons (Fsp3) is 0.154. The summed E-state index contributed by atoms with van der Waals surface area (Å²) in [5.74, 6) is 1.52. The molecule has 0 spiro atoms. The van der Waals surface area contributed by atoms with Crippen molar-refractivity contribution in [3.8, 4) is 5.75 Å². The monoisotopic (exact) mass is 248 g/mol. The number of pyridine rings is 1. The van der Waals surface area contributed by atoms with Crippen LogP contribution in [0, 0.1) is 6.92 Å². The molecule has 3 nitrogen and oxygen atoms in total. The van der Waals surface area contributed by atoms with Crippen molar-refractivity contribution in [2.24, 2.45) is 0 Å². The number of hydrogen-bond acceptors (Lipinski definition) is 3. The van der Waals surface area contributed by atoms with Crippen LogP contribution in [-0.4, -0.2) is 12.1 Å². The molecule has 17 heavy (non-hydrogen) atoms. The lowest BCUT2D eigenvalue weighted by atomic mass is 10.2. The molecule has 0 bridgehead atoms. The first kappa shape index (κ1) is 11.7. The zero-order valence-corrected chi connectivity index (χ0v) is 10.5. The highest BCUT2D eigenvalue weighted by molar-refractivity contribution is 6.33. The molecule has 1 aromatic heterocycles. The number of aromatic nitrogens is 1. The second-order valence-electron chi connectivity index (χ2n) is 3.69. The van der Waals surface area contributed by atoms with Crippen molar-refractivity contribution in [2.45, 2.75) is 6.92 Å². The highest BCUT2D eigenvalue weighted by atomic mass is 35.5. The van der Waals surface area contributed by atoms with Gasteiger partial charge in [-0.15, -0.1) is 0 Å². The number of anilines is 2. The van der Waals surface area contributed by atoms with E-state index in [1.165, 1.54) is 0 Å². The third kappa shape index (κ3) is 2.88. The molecule has 0 saturated carbocycles. The molecule has 88 valence electrons. The minimum absolute atomic E-state index is 0.633. The van der Waals surface area contributed by atoms with E-state index >= 15 is 0 Å². The Morgan fingerprint density at radius 1 is 1.24 bits per heavy atom. The highest BCUT2D eigenvalue weighted by Crippen LogP contribution is 2.28. The van der Waals surface area contributed by atoms with E-state index in [2.05, 4.69) is 10.3 Å². The van der Waals surface area contributed by atoms with Crippen molar-refractivity contribution in [3.63, 3.8) is 0 Å². The average molecular weight is 249 g/mol. The Morgan fingerprint density at radius 3 is 2.76 bits per heavy atom. The van der Waals surface area contributed by atoms with Gasteiger partial charge in [0.05, 0.1) is 17.8 Å². The summed E-state index contributed by atoms with van der Waals surface area (Å²) in [6, 6.07) is 9.34. The van der Waals surface area contributed by atoms with E-state index in [4.69, 9.17) is 16.3 Å². The van der Waals surface area contributed by atoms with Crippen molar-refractivity contribution in [3.05, 3.63) is 47.1 Å². The first-order valence-electron chi connectivity index (χ1n) is 5.22. The van der Waals surface area contributed by atoms with Gasteiger partial charge < -0.3 is 10.1 Å². The number of ether oxygens (including phenoxy) is 1. The van der Waals surface area contributed by atoms with E-state index in [1.807, 2.05) is 31.2 Å². The van der Waals surface area contributed by atoms with Crippen LogP contribution in [0.1, 0.15) is 5.56 Å². The normalized spacial score (nSPS) is 10.1. The fourth-order valence-corrected chi connectivity index (χ4v) is 1.63. The van der Waals surface area contributed by atoms with Gasteiger partial charge in [-0.2, -0.15) is 0 Å². The summed E-state index contributed by atoms with van der Waals surface area (Å²) in [4.78, 5) is 4.22. The standard InChI is InChI=1S/C13H13ClN2O/c1-9-5-6-15-13(7-9)16-12-8-10(17-2)3-4-11(12)14/h3-8H,1-2H3,(H,15,16). The van der Waals surface area contributed by atoms with Crippen molar-refractivity contribution in [1.29, 1.82) is 0 Å². The lowest BCUT2D eigenvalue weighted by molar-refractivity contribution is 0.415. The Balaban J connectivity index is 2.29. The van der Waals surface area contributed by atoms with Crippen LogP contribution in [0.5, 0.6) is 5.75 Å². The Morgan fingerprint density at radius 2 is 2.06 bits per heavy atom. The number of nitrogens with one attached hydrogen (secondary N) is 1. The molecule has 2 aromatic rings. The number of halogens is 1. The molecule has 0 saturated heterocycles. The number of nitrogens with zero attached hydrogens (tertiary/aromatic N) is 1. The number of benzene rings is 1. The summed E-state index contributed by atoms with van der Waals surface area (Å²) < 4.78 is 5.15. The minimum Gasteiger partial charge on any atom is -0.497 e. The summed E-state index contributed by atoms with van der Waals surface area (Å²) >= 11 is 6.10. The van der Waals surface area contributed by atoms with Crippen LogP contribution in [0.25, 0.3) is 0 Å². The van der Waals surface area contributed by atoms with Crippen molar-refractivity contribution in [2.75, 3.05) is 12.4 Å². The largest absolute Gasteiger partial charge is 0.497 e. The van der Waals surface area contributed by atoms with Gasteiger partial charge >= 0.3 is 0 Å². The number of hydrogen-bond donors (Lipinski definition) is 1. The number of methoxy groups -OCH3 is 1. The first-order valence-corrected chi connectivity index (χ1v) is 5.60. The Kier molecular flexibility index (Phi) is 3.49. The van der Waals surface area contributed by atoms with E-state index in [1.54, 1.807) is 19.4 Å². The molecule has 0 unspecified atom stereocenters. The molecule has 0 aliphatic carbocycles. The second kappa shape index (κ2) is 5.06. The lowest BCUT2D eigenvalue weighted by Gasteiger charge is -2.09. The van der Waals surface area contributed by atoms with Gasteiger partial charge in [0.25, 0.3) is 0 Å². The lowest BCUT2D eigenvalue weighted by Crippen LogP contribution is -1.95. The molecule has 2 rings (SSSR count). The molecule has 0 radical (unpaired) electrons. The molecular weight excluding hydrogens is 236 g/mol. The Bertz CT molecular complexity index is 529. The maximum atomic E-state index is 6.10. The molecule has 0 aliphatic heterocycles. The zero-order valence-electron chi connectivity index (χ0n) is 9.70. The summed E-state index contributed by atoms with van der Waals surface area (Å²) in [5, 5.41) is 3.80. The Labute approximate surface area is 105 Å². The Hall–Kier alpha value is -1.74. The zero-order chi connectivity index (χ0) is 12.3. The third-order valence-electron chi connectivity index (χ3n) is 2.35. The van der Waals surface area contributed by atoms with Gasteiger partial charge in [-0.1, -0.05) is 11.6 Å². The first-order chi connectivity index (χ1) is 8.19. The van der Waals surface area contributed by atoms with Gasteiger partial charge in [-0.05, 0) is 36.8 Å². The van der Waals surface area contributed by atoms with Crippen LogP contribution in [-0.2, 0) is 0 Å². The molecule has 1 heterocycles. The number of rotatable bonds is 3. The quantitative estimate of drug-likeness (QED) is 0.897. The van der Waals surface area contributed by atoms with Gasteiger partial charge in [0.1, 0.15) is 11.6 Å². The van der Waals surface area contributed by atoms with Crippen LogP contribution in [0.15, 0.2) is 36.5 Å². The SMILES string of the molecule is COc1ccc(Cl)c(Nc2cc(C)ccn2)c1. The number of aryl methyl sites for hydroxylation is 1. The molecule has 0 amide bonds. The molecule has 1 N–H and O–H groups in total. The van der Waals surface area contributed by atoms with Gasteiger partial charge in [-0.3, -0.25) is 0 Å². The highest BCUT2D eigenvalue weighted by Gasteiger charge is 2.03. The van der Waals surface area contributed by atoms with Crippen LogP contribution in [0.3, 0.4) is 0 Å². The summed E-state index contributed by atoms with van der Waals surface area (Å²) in [6.07, 6.45) is 1.76. The van der Waals surface area contributed by atoms with E-state index in [0.29, 0.717) is 5.02 Å². The van der Waals surface area contributed by atoms with E-state index in [9.17, 15) is 0 Å². The van der Waals surface area contributed by atoms with E-state index in [-0.39, 0.29) is 0 Å². The third-order valence-corrected chi connectivity index (χ3v) is 2.68. The van der Waals surface area contributed by atoms with Gasteiger partial charge in [0.2, 0.25) is 0 Å². The van der Waals surface area contributed by atoms with E-state index < -0.39 is 0 Å². The van der Waals surface area contributed by atoms with Crippen LogP contribution in [0.2, 0.25) is 5.02 Å². The predicted molar refractivity (Wildman–Crippen MR) is 70.3 cm³/mol. The van der Waals surface area contributed by atoms with Crippen molar-refractivity contribution >= 4 is 23.1 Å². The predicted octanol–water partition coefficient (Wildman–Crippen LogP) is 3.80. The molecule has 0 atom stereocenters. The van der Waals surface area contributed by atoms with Crippen molar-refractivity contribution in [1.82, 2.24) is 4.98 Å². The van der Waals surface area contributed by atoms with Crippen LogP contribution in [0.4, 0.5) is 11.5 Å². The molecular formula is C13H13ClN2O. The smallest absolute Gasteiger partial charge is 0.130 e. The van der Waals surface area contributed by atoms with Crippen LogP contribution >= 0.6 is 11.6 Å². The maximum Gasteiger partial charge on any atom is 0.130 e. The van der Waals surface area contributed by atoms with Crippen molar-refractivity contribution < 1.29 is 4.74 Å². The fourth-order valence-electron chi connectivity index (χ4n) is 1.47. The van der Waals surface area contributed by atoms with Gasteiger partial charge in [-0.25, -0.2) is 4.98 Å². The summed E-state index contributed by atoms with van der Waals surface area (Å²) in [6.45, 7) is 2.01. The van der Waals surface area contributed by atoms with E-state index in [0.717, 1.165) is 22.8 Å². The molecule has 1 aromatic carbocycles. The summed E-state index contributed by atoms with van der Waals surface area (Å²) in [5.41, 5.74) is 1.92. The topological polar surface area (TPSA) is 34.1 Å². The second-order valence-corrected chi connectivity index (χ2v) is 4.10. The van der Waals surface area contributed by atoms with Gasteiger partial charge in [0.15, 0.2) is 0 Å². The molecule has 0 aliphatic rings. The minimum atomic E-state index is 0.633. The van der Waals surface area contributed by atoms with Gasteiger partial charge in [0, 0.05) is 12.3 Å². The summed E-state index contributed by atoms with van der Waals surface area (Å²) in [7, 11) is 1.62. The van der Waals surface area contributed by atoms with Crippen LogP contribution < -0.4 is 10.1 Å². The molecule has 0 fully saturated rings. The molecule has 4 heteroatoms. The average Bonchev–Trinajstić information content (AvgIpc) is 2.32.